The quantitative estimate of drug-likeness (QED) is 0.804. The molecule has 2 aromatic rings. The fraction of sp³-hybridized carbons (Fsp3) is 0.167. The molecule has 106 valence electrons. The lowest BCUT2D eigenvalue weighted by molar-refractivity contribution is 0.327. The van der Waals surface area contributed by atoms with Gasteiger partial charge in [0.2, 0.25) is 5.82 Å². The third-order valence-corrected chi connectivity index (χ3v) is 3.80. The first-order valence-electron chi connectivity index (χ1n) is 5.85. The predicted molar refractivity (Wildman–Crippen MR) is 74.9 cm³/mol. The number of para-hydroxylation sites is 1. The molecule has 0 spiro atoms. The highest BCUT2D eigenvalue weighted by Gasteiger charge is 2.20. The molecule has 1 aromatic carbocycles. The van der Waals surface area contributed by atoms with Crippen molar-refractivity contribution in [2.75, 3.05) is 17.1 Å². The van der Waals surface area contributed by atoms with Crippen LogP contribution >= 0.6 is 0 Å². The first-order valence-corrected chi connectivity index (χ1v) is 7.34. The average molecular weight is 294 g/mol. The van der Waals surface area contributed by atoms with Crippen LogP contribution < -0.4 is 15.2 Å². The second kappa shape index (κ2) is 5.74. The minimum atomic E-state index is -3.84. The van der Waals surface area contributed by atoms with E-state index in [2.05, 4.69) is 14.7 Å². The van der Waals surface area contributed by atoms with Crippen LogP contribution in [0.3, 0.4) is 0 Å². The number of hydrogen-bond donors (Lipinski definition) is 2. The van der Waals surface area contributed by atoms with Gasteiger partial charge in [0.1, 0.15) is 4.90 Å². The van der Waals surface area contributed by atoms with Crippen molar-refractivity contribution in [1.82, 2.24) is 9.97 Å². The Labute approximate surface area is 116 Å². The van der Waals surface area contributed by atoms with Gasteiger partial charge in [0.05, 0.1) is 12.3 Å². The summed E-state index contributed by atoms with van der Waals surface area (Å²) in [7, 11) is -3.84. The average Bonchev–Trinajstić information content (AvgIpc) is 2.41. The highest BCUT2D eigenvalue weighted by Crippen LogP contribution is 2.24. The minimum absolute atomic E-state index is 0.0203. The number of aromatic nitrogens is 2. The van der Waals surface area contributed by atoms with Gasteiger partial charge in [-0.3, -0.25) is 4.72 Å². The molecule has 0 amide bonds. The largest absolute Gasteiger partial charge is 0.475 e. The Bertz CT molecular complexity index is 703. The second-order valence-corrected chi connectivity index (χ2v) is 5.44. The summed E-state index contributed by atoms with van der Waals surface area (Å²) in [6.45, 7) is 2.11. The first-order chi connectivity index (χ1) is 9.54. The molecule has 1 aromatic heterocycles. The van der Waals surface area contributed by atoms with E-state index in [1.165, 1.54) is 24.5 Å². The van der Waals surface area contributed by atoms with Crippen molar-refractivity contribution in [2.24, 2.45) is 0 Å². The van der Waals surface area contributed by atoms with Gasteiger partial charge in [0, 0.05) is 12.4 Å². The molecule has 0 saturated heterocycles. The topological polar surface area (TPSA) is 107 Å². The maximum absolute atomic E-state index is 12.3. The lowest BCUT2D eigenvalue weighted by Gasteiger charge is -2.11. The Morgan fingerprint density at radius 2 is 1.95 bits per heavy atom. The van der Waals surface area contributed by atoms with E-state index in [-0.39, 0.29) is 22.3 Å². The Balaban J connectivity index is 2.37. The summed E-state index contributed by atoms with van der Waals surface area (Å²) in [6, 6.07) is 6.16. The number of ether oxygens (including phenoxy) is 1. The Hall–Kier alpha value is -2.35. The molecule has 0 bridgehead atoms. The van der Waals surface area contributed by atoms with Crippen LogP contribution in [-0.4, -0.2) is 25.0 Å². The van der Waals surface area contributed by atoms with Crippen LogP contribution in [0.15, 0.2) is 41.6 Å². The van der Waals surface area contributed by atoms with Crippen LogP contribution in [0, 0.1) is 0 Å². The van der Waals surface area contributed by atoms with E-state index < -0.39 is 10.0 Å². The monoisotopic (exact) mass is 294 g/mol. The van der Waals surface area contributed by atoms with Crippen molar-refractivity contribution < 1.29 is 13.2 Å². The van der Waals surface area contributed by atoms with Gasteiger partial charge in [-0.15, -0.1) is 0 Å². The summed E-state index contributed by atoms with van der Waals surface area (Å²) in [5.74, 6) is 0.144. The van der Waals surface area contributed by atoms with Crippen LogP contribution in [0.4, 0.5) is 11.5 Å². The number of nitrogens with zero attached hydrogens (tertiary/aromatic N) is 2. The third kappa shape index (κ3) is 2.97. The Morgan fingerprint density at radius 3 is 2.65 bits per heavy atom. The normalized spacial score (nSPS) is 11.1. The first kappa shape index (κ1) is 14.1. The highest BCUT2D eigenvalue weighted by molar-refractivity contribution is 7.92. The Morgan fingerprint density at radius 1 is 1.25 bits per heavy atom. The Kier molecular flexibility index (Phi) is 4.04. The zero-order valence-electron chi connectivity index (χ0n) is 10.8. The molecule has 1 heterocycles. The minimum Gasteiger partial charge on any atom is -0.475 e. The van der Waals surface area contributed by atoms with E-state index in [0.717, 1.165) is 0 Å². The molecule has 2 rings (SSSR count). The summed E-state index contributed by atoms with van der Waals surface area (Å²) in [5.41, 5.74) is 5.83. The highest BCUT2D eigenvalue weighted by atomic mass is 32.2. The van der Waals surface area contributed by atoms with Gasteiger partial charge in [-0.05, 0) is 19.1 Å². The van der Waals surface area contributed by atoms with E-state index in [9.17, 15) is 8.42 Å². The molecule has 0 unspecified atom stereocenters. The number of nitrogens with two attached hydrogens (primary N) is 1. The van der Waals surface area contributed by atoms with Crippen molar-refractivity contribution in [3.05, 3.63) is 36.7 Å². The zero-order chi connectivity index (χ0) is 14.6. The van der Waals surface area contributed by atoms with E-state index in [4.69, 9.17) is 10.5 Å². The number of rotatable bonds is 5. The van der Waals surface area contributed by atoms with Gasteiger partial charge in [-0.25, -0.2) is 18.4 Å². The molecule has 20 heavy (non-hydrogen) atoms. The summed E-state index contributed by atoms with van der Waals surface area (Å²) in [5, 5.41) is 0. The van der Waals surface area contributed by atoms with E-state index in [1.54, 1.807) is 19.1 Å². The van der Waals surface area contributed by atoms with Crippen LogP contribution in [0.1, 0.15) is 6.92 Å². The smallest absolute Gasteiger partial charge is 0.265 e. The van der Waals surface area contributed by atoms with Crippen molar-refractivity contribution in [3.63, 3.8) is 0 Å². The lowest BCUT2D eigenvalue weighted by Crippen LogP contribution is -2.16. The van der Waals surface area contributed by atoms with Gasteiger partial charge in [0.15, 0.2) is 0 Å². The SMILES string of the molecule is CCOc1nccnc1NS(=O)(=O)c1ccccc1N. The van der Waals surface area contributed by atoms with Crippen LogP contribution in [-0.2, 0) is 10.0 Å². The van der Waals surface area contributed by atoms with Gasteiger partial charge in [-0.1, -0.05) is 12.1 Å². The fourth-order valence-corrected chi connectivity index (χ4v) is 2.69. The van der Waals surface area contributed by atoms with Gasteiger partial charge in [-0.2, -0.15) is 0 Å². The summed E-state index contributed by atoms with van der Waals surface area (Å²) >= 11 is 0. The predicted octanol–water partition coefficient (Wildman–Crippen LogP) is 1.26. The molecule has 3 N–H and O–H groups in total. The molecule has 0 radical (unpaired) electrons. The van der Waals surface area contributed by atoms with Gasteiger partial charge >= 0.3 is 0 Å². The summed E-state index contributed by atoms with van der Waals surface area (Å²) in [6.07, 6.45) is 2.79. The molecule has 0 atom stereocenters. The molecule has 8 heteroatoms. The van der Waals surface area contributed by atoms with Crippen LogP contribution in [0.5, 0.6) is 5.88 Å². The number of nitrogens with one attached hydrogen (secondary N) is 1. The molecule has 7 nitrogen and oxygen atoms in total. The second-order valence-electron chi connectivity index (χ2n) is 3.79. The molecule has 0 aliphatic rings. The lowest BCUT2D eigenvalue weighted by atomic mass is 10.3. The van der Waals surface area contributed by atoms with Crippen molar-refractivity contribution in [2.45, 2.75) is 11.8 Å². The zero-order valence-corrected chi connectivity index (χ0v) is 11.6. The molecular weight excluding hydrogens is 280 g/mol. The van der Waals surface area contributed by atoms with Crippen molar-refractivity contribution in [3.8, 4) is 5.88 Å². The summed E-state index contributed by atoms with van der Waals surface area (Å²) < 4.78 is 32.1. The maximum atomic E-state index is 12.3. The number of sulfonamides is 1. The van der Waals surface area contributed by atoms with E-state index in [0.29, 0.717) is 6.61 Å². The van der Waals surface area contributed by atoms with Gasteiger partial charge in [0.25, 0.3) is 15.9 Å². The van der Waals surface area contributed by atoms with Crippen molar-refractivity contribution >= 4 is 21.5 Å². The van der Waals surface area contributed by atoms with Crippen LogP contribution in [0.25, 0.3) is 0 Å². The summed E-state index contributed by atoms with van der Waals surface area (Å²) in [4.78, 5) is 7.82. The molecule has 0 saturated carbocycles. The molecule has 0 fully saturated rings. The van der Waals surface area contributed by atoms with Crippen LogP contribution in [0.2, 0.25) is 0 Å². The molecular formula is C12H14N4O3S. The third-order valence-electron chi connectivity index (χ3n) is 2.39. The maximum Gasteiger partial charge on any atom is 0.265 e. The number of nitrogen functional groups attached to an aromatic ring is 1. The molecule has 0 aliphatic heterocycles. The number of anilines is 2. The number of hydrogen-bond acceptors (Lipinski definition) is 6. The van der Waals surface area contributed by atoms with E-state index in [1.807, 2.05) is 0 Å². The van der Waals surface area contributed by atoms with Crippen molar-refractivity contribution in [1.29, 1.82) is 0 Å². The fourth-order valence-electron chi connectivity index (χ4n) is 1.55. The number of benzene rings is 1. The molecule has 0 aliphatic carbocycles. The van der Waals surface area contributed by atoms with E-state index >= 15 is 0 Å². The standard InChI is InChI=1S/C12H14N4O3S/c1-2-19-12-11(14-7-8-15-12)16-20(17,18)10-6-4-3-5-9(10)13/h3-8H,2,13H2,1H3,(H,14,16). The van der Waals surface area contributed by atoms with Gasteiger partial charge < -0.3 is 10.5 Å².